The predicted octanol–water partition coefficient (Wildman–Crippen LogP) is 2.33. The molecule has 0 aromatic carbocycles. The summed E-state index contributed by atoms with van der Waals surface area (Å²) in [6.07, 6.45) is 8.56. The molecule has 2 aliphatic rings. The largest absolute Gasteiger partial charge is 0.377 e. The first-order chi connectivity index (χ1) is 6.92. The quantitative estimate of drug-likeness (QED) is 0.730. The molecule has 1 heterocycles. The van der Waals surface area contributed by atoms with Gasteiger partial charge in [0.25, 0.3) is 0 Å². The van der Waals surface area contributed by atoms with Gasteiger partial charge in [0.05, 0.1) is 6.10 Å². The van der Waals surface area contributed by atoms with Crippen LogP contribution in [-0.2, 0) is 4.74 Å². The van der Waals surface area contributed by atoms with Crippen molar-refractivity contribution in [2.24, 2.45) is 5.92 Å². The fourth-order valence-corrected chi connectivity index (χ4v) is 2.60. The molecule has 1 aliphatic heterocycles. The smallest absolute Gasteiger partial charge is 0.0731 e. The lowest BCUT2D eigenvalue weighted by Gasteiger charge is -2.37. The Kier molecular flexibility index (Phi) is 3.82. The van der Waals surface area contributed by atoms with Crippen LogP contribution in [0.1, 0.15) is 45.4 Å². The highest BCUT2D eigenvalue weighted by atomic mass is 16.5. The highest BCUT2D eigenvalue weighted by Crippen LogP contribution is 2.34. The van der Waals surface area contributed by atoms with Gasteiger partial charge in [-0.25, -0.2) is 0 Å². The second-order valence-electron chi connectivity index (χ2n) is 4.72. The number of hydrogen-bond donors (Lipinski definition) is 1. The Hall–Kier alpha value is -0.0800. The van der Waals surface area contributed by atoms with Crippen LogP contribution in [0.25, 0.3) is 0 Å². The van der Waals surface area contributed by atoms with Crippen LogP contribution < -0.4 is 5.32 Å². The van der Waals surface area contributed by atoms with E-state index in [2.05, 4.69) is 12.2 Å². The molecule has 2 unspecified atom stereocenters. The summed E-state index contributed by atoms with van der Waals surface area (Å²) in [5.74, 6) is 0.907. The Balaban J connectivity index is 1.83. The van der Waals surface area contributed by atoms with Gasteiger partial charge in [-0.2, -0.15) is 0 Å². The zero-order valence-electron chi connectivity index (χ0n) is 9.30. The Labute approximate surface area is 87.4 Å². The van der Waals surface area contributed by atoms with Crippen LogP contribution in [-0.4, -0.2) is 25.3 Å². The maximum Gasteiger partial charge on any atom is 0.0731 e. The van der Waals surface area contributed by atoms with Crippen LogP contribution in [0.2, 0.25) is 0 Å². The van der Waals surface area contributed by atoms with E-state index in [-0.39, 0.29) is 0 Å². The van der Waals surface area contributed by atoms with E-state index in [4.69, 9.17) is 4.74 Å². The van der Waals surface area contributed by atoms with Crippen molar-refractivity contribution < 1.29 is 4.74 Å². The molecule has 2 atom stereocenters. The molecule has 0 bridgehead atoms. The van der Waals surface area contributed by atoms with E-state index < -0.39 is 0 Å². The van der Waals surface area contributed by atoms with Crippen molar-refractivity contribution in [3.8, 4) is 0 Å². The molecule has 0 aromatic rings. The third-order valence-corrected chi connectivity index (χ3v) is 3.65. The summed E-state index contributed by atoms with van der Waals surface area (Å²) in [5, 5.41) is 3.69. The standard InChI is InChI=1S/C12H23NO/c1-2-8-13-12(10-5-3-6-10)11-7-4-9-14-11/h10-13H,2-9H2,1H3. The summed E-state index contributed by atoms with van der Waals surface area (Å²) >= 11 is 0. The molecule has 0 amide bonds. The molecule has 1 saturated carbocycles. The molecule has 2 fully saturated rings. The van der Waals surface area contributed by atoms with Crippen molar-refractivity contribution >= 4 is 0 Å². The SMILES string of the molecule is CCCNC(C1CCC1)C1CCCO1. The van der Waals surface area contributed by atoms with Gasteiger partial charge in [0.2, 0.25) is 0 Å². The highest BCUT2D eigenvalue weighted by molar-refractivity contribution is 4.90. The number of rotatable bonds is 5. The second-order valence-corrected chi connectivity index (χ2v) is 4.72. The molecule has 1 aliphatic carbocycles. The lowest BCUT2D eigenvalue weighted by atomic mass is 9.77. The number of nitrogens with one attached hydrogen (secondary N) is 1. The van der Waals surface area contributed by atoms with Gasteiger partial charge < -0.3 is 10.1 Å². The molecule has 2 heteroatoms. The van der Waals surface area contributed by atoms with Gasteiger partial charge in [-0.3, -0.25) is 0 Å². The third-order valence-electron chi connectivity index (χ3n) is 3.65. The molecule has 1 saturated heterocycles. The molecule has 2 rings (SSSR count). The van der Waals surface area contributed by atoms with E-state index in [1.807, 2.05) is 0 Å². The second kappa shape index (κ2) is 5.13. The van der Waals surface area contributed by atoms with Crippen molar-refractivity contribution in [1.29, 1.82) is 0 Å². The van der Waals surface area contributed by atoms with Crippen molar-refractivity contribution in [3.63, 3.8) is 0 Å². The first-order valence-electron chi connectivity index (χ1n) is 6.27. The normalized spacial score (nSPS) is 30.2. The minimum Gasteiger partial charge on any atom is -0.377 e. The fraction of sp³-hybridized carbons (Fsp3) is 1.00. The zero-order chi connectivity index (χ0) is 9.80. The molecule has 82 valence electrons. The van der Waals surface area contributed by atoms with E-state index in [1.54, 1.807) is 0 Å². The summed E-state index contributed by atoms with van der Waals surface area (Å²) in [6, 6.07) is 0.659. The lowest BCUT2D eigenvalue weighted by Crippen LogP contribution is -2.47. The molecule has 1 N–H and O–H groups in total. The minimum absolute atomic E-state index is 0.520. The lowest BCUT2D eigenvalue weighted by molar-refractivity contribution is 0.0400. The van der Waals surface area contributed by atoms with Gasteiger partial charge in [0.1, 0.15) is 0 Å². The van der Waals surface area contributed by atoms with Crippen molar-refractivity contribution in [2.45, 2.75) is 57.6 Å². The van der Waals surface area contributed by atoms with Crippen LogP contribution in [0.4, 0.5) is 0 Å². The molecular weight excluding hydrogens is 174 g/mol. The number of ether oxygens (including phenoxy) is 1. The van der Waals surface area contributed by atoms with Crippen molar-refractivity contribution in [2.75, 3.05) is 13.2 Å². The maximum absolute atomic E-state index is 5.81. The van der Waals surface area contributed by atoms with Gasteiger partial charge >= 0.3 is 0 Å². The van der Waals surface area contributed by atoms with Crippen molar-refractivity contribution in [3.05, 3.63) is 0 Å². The average molecular weight is 197 g/mol. The summed E-state index contributed by atoms with van der Waals surface area (Å²) in [6.45, 7) is 4.38. The van der Waals surface area contributed by atoms with E-state index in [9.17, 15) is 0 Å². The molecule has 0 aromatic heterocycles. The Morgan fingerprint density at radius 3 is 2.64 bits per heavy atom. The van der Waals surface area contributed by atoms with E-state index in [0.717, 1.165) is 19.1 Å². The third kappa shape index (κ3) is 2.29. The Morgan fingerprint density at radius 2 is 2.14 bits per heavy atom. The first-order valence-corrected chi connectivity index (χ1v) is 6.27. The van der Waals surface area contributed by atoms with Crippen LogP contribution in [0.15, 0.2) is 0 Å². The van der Waals surface area contributed by atoms with E-state index in [1.165, 1.54) is 38.5 Å². The monoisotopic (exact) mass is 197 g/mol. The van der Waals surface area contributed by atoms with Crippen LogP contribution in [0.3, 0.4) is 0 Å². The maximum atomic E-state index is 5.81. The highest BCUT2D eigenvalue weighted by Gasteiger charge is 2.34. The van der Waals surface area contributed by atoms with Gasteiger partial charge in [-0.05, 0) is 44.6 Å². The summed E-state index contributed by atoms with van der Waals surface area (Å²) in [4.78, 5) is 0. The van der Waals surface area contributed by atoms with Gasteiger partial charge in [-0.1, -0.05) is 13.3 Å². The van der Waals surface area contributed by atoms with Crippen molar-refractivity contribution in [1.82, 2.24) is 5.32 Å². The van der Waals surface area contributed by atoms with Gasteiger partial charge in [0.15, 0.2) is 0 Å². The number of hydrogen-bond acceptors (Lipinski definition) is 2. The minimum atomic E-state index is 0.520. The fourth-order valence-electron chi connectivity index (χ4n) is 2.60. The zero-order valence-corrected chi connectivity index (χ0v) is 9.30. The first kappa shape index (κ1) is 10.4. The van der Waals surface area contributed by atoms with E-state index in [0.29, 0.717) is 12.1 Å². The predicted molar refractivity (Wildman–Crippen MR) is 58.4 cm³/mol. The summed E-state index contributed by atoms with van der Waals surface area (Å²) < 4.78 is 5.81. The Bertz CT molecular complexity index is 162. The topological polar surface area (TPSA) is 21.3 Å². The summed E-state index contributed by atoms with van der Waals surface area (Å²) in [7, 11) is 0. The molecular formula is C12H23NO. The Morgan fingerprint density at radius 1 is 1.29 bits per heavy atom. The van der Waals surface area contributed by atoms with Crippen LogP contribution in [0, 0.1) is 5.92 Å². The summed E-state index contributed by atoms with van der Waals surface area (Å²) in [5.41, 5.74) is 0. The molecule has 0 radical (unpaired) electrons. The molecule has 14 heavy (non-hydrogen) atoms. The molecule has 2 nitrogen and oxygen atoms in total. The average Bonchev–Trinajstić information content (AvgIpc) is 2.61. The van der Waals surface area contributed by atoms with Gasteiger partial charge in [-0.15, -0.1) is 0 Å². The van der Waals surface area contributed by atoms with Gasteiger partial charge in [0, 0.05) is 12.6 Å². The van der Waals surface area contributed by atoms with Crippen LogP contribution in [0.5, 0.6) is 0 Å². The van der Waals surface area contributed by atoms with Crippen LogP contribution >= 0.6 is 0 Å². The van der Waals surface area contributed by atoms with E-state index >= 15 is 0 Å². The molecule has 0 spiro atoms.